The van der Waals surface area contributed by atoms with Gasteiger partial charge in [-0.2, -0.15) is 13.2 Å². The second-order valence-electron chi connectivity index (χ2n) is 5.80. The van der Waals surface area contributed by atoms with Crippen LogP contribution < -0.4 is 5.32 Å². The summed E-state index contributed by atoms with van der Waals surface area (Å²) in [6.45, 7) is 4.58. The van der Waals surface area contributed by atoms with Gasteiger partial charge in [-0.3, -0.25) is 0 Å². The Balaban J connectivity index is 2.24. The standard InChI is InChI=1S/C16H19F4N/c1-10(2)12(9-21-15-3-4-15)5-11-6-13(16(18,19)20)8-14(17)7-11/h5-8,10,15,21H,3-4,9H2,1-2H3/b12-5+. The molecule has 1 aliphatic carbocycles. The molecular weight excluding hydrogens is 282 g/mol. The molecule has 1 fully saturated rings. The Morgan fingerprint density at radius 2 is 1.95 bits per heavy atom. The van der Waals surface area contributed by atoms with E-state index in [0.717, 1.165) is 30.5 Å². The summed E-state index contributed by atoms with van der Waals surface area (Å²) in [7, 11) is 0. The van der Waals surface area contributed by atoms with E-state index >= 15 is 0 Å². The maximum absolute atomic E-state index is 13.4. The molecule has 1 aliphatic rings. The normalized spacial score (nSPS) is 16.6. The van der Waals surface area contributed by atoms with E-state index in [0.29, 0.717) is 18.7 Å². The van der Waals surface area contributed by atoms with Crippen LogP contribution in [0.25, 0.3) is 6.08 Å². The van der Waals surface area contributed by atoms with Crippen LogP contribution in [0.1, 0.15) is 37.8 Å². The zero-order valence-corrected chi connectivity index (χ0v) is 12.1. The molecule has 0 unspecified atom stereocenters. The van der Waals surface area contributed by atoms with Crippen LogP contribution in [-0.2, 0) is 6.18 Å². The zero-order chi connectivity index (χ0) is 15.6. The van der Waals surface area contributed by atoms with Crippen molar-refractivity contribution in [1.82, 2.24) is 5.32 Å². The number of hydrogen-bond acceptors (Lipinski definition) is 1. The minimum absolute atomic E-state index is 0.189. The highest BCUT2D eigenvalue weighted by atomic mass is 19.4. The fraction of sp³-hybridized carbons (Fsp3) is 0.500. The first-order chi connectivity index (χ1) is 9.75. The number of rotatable bonds is 5. The molecule has 1 saturated carbocycles. The number of hydrogen-bond donors (Lipinski definition) is 1. The Bertz CT molecular complexity index is 528. The highest BCUT2D eigenvalue weighted by molar-refractivity contribution is 5.55. The molecule has 2 rings (SSSR count). The molecule has 0 spiro atoms. The Labute approximate surface area is 122 Å². The number of halogens is 4. The topological polar surface area (TPSA) is 12.0 Å². The van der Waals surface area contributed by atoms with Gasteiger partial charge in [-0.05, 0) is 42.5 Å². The third-order valence-electron chi connectivity index (χ3n) is 3.51. The summed E-state index contributed by atoms with van der Waals surface area (Å²) >= 11 is 0. The van der Waals surface area contributed by atoms with Gasteiger partial charge in [0, 0.05) is 12.6 Å². The summed E-state index contributed by atoms with van der Waals surface area (Å²) in [6.07, 6.45) is -0.597. The number of benzene rings is 1. The predicted molar refractivity (Wildman–Crippen MR) is 75.2 cm³/mol. The fourth-order valence-corrected chi connectivity index (χ4v) is 2.04. The average molecular weight is 301 g/mol. The van der Waals surface area contributed by atoms with Crippen molar-refractivity contribution in [3.63, 3.8) is 0 Å². The first-order valence-corrected chi connectivity index (χ1v) is 7.07. The Kier molecular flexibility index (Phi) is 4.71. The van der Waals surface area contributed by atoms with Gasteiger partial charge in [0.1, 0.15) is 5.82 Å². The monoisotopic (exact) mass is 301 g/mol. The largest absolute Gasteiger partial charge is 0.416 e. The summed E-state index contributed by atoms with van der Waals surface area (Å²) in [6, 6.07) is 3.16. The fourth-order valence-electron chi connectivity index (χ4n) is 2.04. The van der Waals surface area contributed by atoms with Crippen molar-refractivity contribution in [2.75, 3.05) is 6.54 Å². The average Bonchev–Trinajstić information content (AvgIpc) is 3.16. The molecule has 0 aromatic heterocycles. The van der Waals surface area contributed by atoms with E-state index in [4.69, 9.17) is 0 Å². The lowest BCUT2D eigenvalue weighted by Crippen LogP contribution is -2.21. The van der Waals surface area contributed by atoms with Crippen LogP contribution in [-0.4, -0.2) is 12.6 Å². The van der Waals surface area contributed by atoms with Crippen molar-refractivity contribution in [2.45, 2.75) is 38.9 Å². The van der Waals surface area contributed by atoms with Crippen molar-refractivity contribution in [3.8, 4) is 0 Å². The van der Waals surface area contributed by atoms with Gasteiger partial charge in [0.05, 0.1) is 5.56 Å². The number of alkyl halides is 3. The highest BCUT2D eigenvalue weighted by Gasteiger charge is 2.31. The van der Waals surface area contributed by atoms with Crippen LogP contribution in [0.3, 0.4) is 0 Å². The predicted octanol–water partition coefficient (Wildman–Crippen LogP) is 4.64. The van der Waals surface area contributed by atoms with Gasteiger partial charge < -0.3 is 5.32 Å². The van der Waals surface area contributed by atoms with Crippen molar-refractivity contribution in [2.24, 2.45) is 5.92 Å². The molecule has 5 heteroatoms. The molecule has 1 nitrogen and oxygen atoms in total. The van der Waals surface area contributed by atoms with Gasteiger partial charge in [-0.1, -0.05) is 25.5 Å². The second-order valence-corrected chi connectivity index (χ2v) is 5.80. The van der Waals surface area contributed by atoms with Crippen molar-refractivity contribution >= 4 is 6.08 Å². The van der Waals surface area contributed by atoms with Gasteiger partial charge in [0.15, 0.2) is 0 Å². The summed E-state index contributed by atoms with van der Waals surface area (Å²) in [5.74, 6) is -0.678. The molecule has 21 heavy (non-hydrogen) atoms. The third-order valence-corrected chi connectivity index (χ3v) is 3.51. The summed E-state index contributed by atoms with van der Waals surface area (Å²) in [4.78, 5) is 0. The lowest BCUT2D eigenvalue weighted by atomic mass is 9.99. The molecule has 116 valence electrons. The van der Waals surface area contributed by atoms with E-state index in [9.17, 15) is 17.6 Å². The SMILES string of the molecule is CC(C)/C(=C/c1cc(F)cc(C(F)(F)F)c1)CNC1CC1. The van der Waals surface area contributed by atoms with Crippen LogP contribution >= 0.6 is 0 Å². The van der Waals surface area contributed by atoms with Crippen LogP contribution in [0.15, 0.2) is 23.8 Å². The summed E-state index contributed by atoms with van der Waals surface area (Å²) in [5, 5.41) is 3.33. The van der Waals surface area contributed by atoms with E-state index in [-0.39, 0.29) is 11.5 Å². The quantitative estimate of drug-likeness (QED) is 0.782. The van der Waals surface area contributed by atoms with Gasteiger partial charge in [-0.25, -0.2) is 4.39 Å². The molecular formula is C16H19F4N. The zero-order valence-electron chi connectivity index (χ0n) is 12.1. The molecule has 0 saturated heterocycles. The van der Waals surface area contributed by atoms with Crippen LogP contribution in [0.4, 0.5) is 17.6 Å². The second kappa shape index (κ2) is 6.18. The molecule has 0 aliphatic heterocycles. The van der Waals surface area contributed by atoms with E-state index < -0.39 is 17.6 Å². The lowest BCUT2D eigenvalue weighted by molar-refractivity contribution is -0.137. The first-order valence-electron chi connectivity index (χ1n) is 7.07. The van der Waals surface area contributed by atoms with E-state index in [1.807, 2.05) is 13.8 Å². The highest BCUT2D eigenvalue weighted by Crippen LogP contribution is 2.31. The van der Waals surface area contributed by atoms with Crippen LogP contribution in [0.5, 0.6) is 0 Å². The van der Waals surface area contributed by atoms with Gasteiger partial charge in [-0.15, -0.1) is 0 Å². The molecule has 0 bridgehead atoms. The maximum Gasteiger partial charge on any atom is 0.416 e. The van der Waals surface area contributed by atoms with Crippen LogP contribution in [0, 0.1) is 11.7 Å². The van der Waals surface area contributed by atoms with E-state index in [1.165, 1.54) is 0 Å². The minimum Gasteiger partial charge on any atom is -0.310 e. The summed E-state index contributed by atoms with van der Waals surface area (Å²) in [5.41, 5.74) is 0.274. The molecule has 0 radical (unpaired) electrons. The van der Waals surface area contributed by atoms with Crippen molar-refractivity contribution in [1.29, 1.82) is 0 Å². The van der Waals surface area contributed by atoms with E-state index in [1.54, 1.807) is 6.08 Å². The van der Waals surface area contributed by atoms with Gasteiger partial charge in [0.2, 0.25) is 0 Å². The Morgan fingerprint density at radius 1 is 1.29 bits per heavy atom. The van der Waals surface area contributed by atoms with Crippen LogP contribution in [0.2, 0.25) is 0 Å². The van der Waals surface area contributed by atoms with E-state index in [2.05, 4.69) is 5.32 Å². The smallest absolute Gasteiger partial charge is 0.310 e. The molecule has 1 aromatic rings. The minimum atomic E-state index is -4.53. The lowest BCUT2D eigenvalue weighted by Gasteiger charge is -2.14. The molecule has 0 heterocycles. The van der Waals surface area contributed by atoms with Gasteiger partial charge in [0.25, 0.3) is 0 Å². The van der Waals surface area contributed by atoms with Crippen molar-refractivity contribution in [3.05, 3.63) is 40.7 Å². The molecule has 1 N–H and O–H groups in total. The van der Waals surface area contributed by atoms with Gasteiger partial charge >= 0.3 is 6.18 Å². The number of nitrogens with one attached hydrogen (secondary N) is 1. The third kappa shape index (κ3) is 4.84. The molecule has 0 atom stereocenters. The van der Waals surface area contributed by atoms with Crippen molar-refractivity contribution < 1.29 is 17.6 Å². The first kappa shape index (κ1) is 16.0. The Morgan fingerprint density at radius 3 is 2.48 bits per heavy atom. The molecule has 0 amide bonds. The summed E-state index contributed by atoms with van der Waals surface area (Å²) < 4.78 is 51.5. The molecule has 1 aromatic carbocycles. The maximum atomic E-state index is 13.4. The Hall–Kier alpha value is -1.36.